The maximum absolute atomic E-state index is 12.5. The largest absolute Gasteiger partial charge is 0.497 e. The van der Waals surface area contributed by atoms with E-state index in [9.17, 15) is 4.79 Å². The Morgan fingerprint density at radius 2 is 1.92 bits per heavy atom. The number of aryl methyl sites for hydroxylation is 2. The molecule has 3 rings (SSSR count). The number of benzene rings is 2. The molecule has 0 radical (unpaired) electrons. The predicted octanol–water partition coefficient (Wildman–Crippen LogP) is 4.01. The normalized spacial score (nSPS) is 12.1. The second-order valence-electron chi connectivity index (χ2n) is 6.35. The number of carbonyl (C=O) groups excluding carboxylic acids is 1. The molecular weight excluding hydrogens is 326 g/mol. The highest BCUT2D eigenvalue weighted by molar-refractivity contribution is 5.78. The number of hydrogen-bond acceptors (Lipinski definition) is 3. The molecule has 0 aliphatic rings. The van der Waals surface area contributed by atoms with Crippen LogP contribution in [0.5, 0.6) is 5.75 Å². The molecule has 0 fully saturated rings. The Hall–Kier alpha value is -2.82. The SMILES string of the molecule is CCC(NC(=O)CCn1c(C)nc2ccccc21)c1ccc(OC)cc1. The number of aromatic nitrogens is 2. The van der Waals surface area contributed by atoms with Crippen molar-refractivity contribution in [1.82, 2.24) is 14.9 Å². The summed E-state index contributed by atoms with van der Waals surface area (Å²) in [5.41, 5.74) is 3.13. The zero-order valence-electron chi connectivity index (χ0n) is 15.5. The number of para-hydroxylation sites is 2. The summed E-state index contributed by atoms with van der Waals surface area (Å²) in [5, 5.41) is 3.14. The minimum Gasteiger partial charge on any atom is -0.497 e. The quantitative estimate of drug-likeness (QED) is 0.700. The monoisotopic (exact) mass is 351 g/mol. The van der Waals surface area contributed by atoms with Crippen LogP contribution in [0.4, 0.5) is 0 Å². The van der Waals surface area contributed by atoms with E-state index in [1.165, 1.54) is 0 Å². The lowest BCUT2D eigenvalue weighted by Crippen LogP contribution is -2.29. The van der Waals surface area contributed by atoms with Crippen LogP contribution in [-0.4, -0.2) is 22.6 Å². The minimum absolute atomic E-state index is 0.00837. The molecule has 1 aromatic heterocycles. The summed E-state index contributed by atoms with van der Waals surface area (Å²) < 4.78 is 7.29. The van der Waals surface area contributed by atoms with Crippen molar-refractivity contribution in [3.8, 4) is 5.75 Å². The summed E-state index contributed by atoms with van der Waals surface area (Å²) >= 11 is 0. The summed E-state index contributed by atoms with van der Waals surface area (Å²) in [6.07, 6.45) is 1.26. The zero-order valence-corrected chi connectivity index (χ0v) is 15.5. The van der Waals surface area contributed by atoms with E-state index in [-0.39, 0.29) is 11.9 Å². The van der Waals surface area contributed by atoms with Gasteiger partial charge in [0, 0.05) is 13.0 Å². The number of nitrogens with zero attached hydrogens (tertiary/aromatic N) is 2. The molecule has 0 bridgehead atoms. The van der Waals surface area contributed by atoms with Gasteiger partial charge in [0.25, 0.3) is 0 Å². The Kier molecular flexibility index (Phi) is 5.56. The standard InChI is InChI=1S/C21H25N3O2/c1-4-18(16-9-11-17(26-3)12-10-16)23-21(25)13-14-24-15(2)22-19-7-5-6-8-20(19)24/h5-12,18H,4,13-14H2,1-3H3,(H,23,25). The topological polar surface area (TPSA) is 56.2 Å². The number of nitrogens with one attached hydrogen (secondary N) is 1. The summed E-state index contributed by atoms with van der Waals surface area (Å²) in [5.74, 6) is 1.79. The summed E-state index contributed by atoms with van der Waals surface area (Å²) in [6.45, 7) is 4.67. The van der Waals surface area contributed by atoms with Crippen molar-refractivity contribution in [1.29, 1.82) is 0 Å². The summed E-state index contributed by atoms with van der Waals surface area (Å²) in [7, 11) is 1.65. The van der Waals surface area contributed by atoms with Gasteiger partial charge in [0.15, 0.2) is 0 Å². The van der Waals surface area contributed by atoms with E-state index in [0.717, 1.165) is 34.6 Å². The van der Waals surface area contributed by atoms with Crippen molar-refractivity contribution in [3.05, 3.63) is 59.9 Å². The zero-order chi connectivity index (χ0) is 18.5. The Morgan fingerprint density at radius 3 is 2.62 bits per heavy atom. The van der Waals surface area contributed by atoms with Gasteiger partial charge in [-0.15, -0.1) is 0 Å². The fourth-order valence-corrected chi connectivity index (χ4v) is 3.22. The average molecular weight is 351 g/mol. The van der Waals surface area contributed by atoms with Gasteiger partial charge < -0.3 is 14.6 Å². The highest BCUT2D eigenvalue weighted by Gasteiger charge is 2.14. The van der Waals surface area contributed by atoms with Crippen molar-refractivity contribution in [3.63, 3.8) is 0 Å². The first-order chi connectivity index (χ1) is 12.6. The number of amides is 1. The third-order valence-electron chi connectivity index (χ3n) is 4.67. The molecule has 26 heavy (non-hydrogen) atoms. The van der Waals surface area contributed by atoms with Crippen LogP contribution in [0.1, 0.15) is 37.2 Å². The molecule has 0 aliphatic carbocycles. The lowest BCUT2D eigenvalue weighted by molar-refractivity contribution is -0.122. The third kappa shape index (κ3) is 3.87. The Labute approximate surface area is 154 Å². The molecule has 1 amide bonds. The molecule has 1 N–H and O–H groups in total. The number of fused-ring (bicyclic) bond motifs is 1. The summed E-state index contributed by atoms with van der Waals surface area (Å²) in [6, 6.07) is 15.9. The average Bonchev–Trinajstić information content (AvgIpc) is 2.99. The number of carbonyl (C=O) groups is 1. The summed E-state index contributed by atoms with van der Waals surface area (Å²) in [4.78, 5) is 17.0. The molecule has 5 nitrogen and oxygen atoms in total. The Morgan fingerprint density at radius 1 is 1.19 bits per heavy atom. The van der Waals surface area contributed by atoms with Gasteiger partial charge in [-0.25, -0.2) is 4.98 Å². The van der Waals surface area contributed by atoms with Gasteiger partial charge in [0.2, 0.25) is 5.91 Å². The number of hydrogen-bond donors (Lipinski definition) is 1. The van der Waals surface area contributed by atoms with Crippen LogP contribution in [0.2, 0.25) is 0 Å². The lowest BCUT2D eigenvalue weighted by Gasteiger charge is -2.18. The van der Waals surface area contributed by atoms with Gasteiger partial charge in [0.1, 0.15) is 11.6 Å². The lowest BCUT2D eigenvalue weighted by atomic mass is 10.0. The molecule has 136 valence electrons. The van der Waals surface area contributed by atoms with Crippen molar-refractivity contribution in [2.24, 2.45) is 0 Å². The third-order valence-corrected chi connectivity index (χ3v) is 4.67. The van der Waals surface area contributed by atoms with Gasteiger partial charge in [-0.3, -0.25) is 4.79 Å². The van der Waals surface area contributed by atoms with Gasteiger partial charge >= 0.3 is 0 Å². The maximum Gasteiger partial charge on any atom is 0.222 e. The molecule has 1 atom stereocenters. The highest BCUT2D eigenvalue weighted by Crippen LogP contribution is 2.20. The molecule has 0 saturated heterocycles. The predicted molar refractivity (Wildman–Crippen MR) is 103 cm³/mol. The van der Waals surface area contributed by atoms with Crippen molar-refractivity contribution < 1.29 is 9.53 Å². The molecule has 1 unspecified atom stereocenters. The molecule has 2 aromatic carbocycles. The fourth-order valence-electron chi connectivity index (χ4n) is 3.22. The van der Waals surface area contributed by atoms with E-state index in [2.05, 4.69) is 21.8 Å². The van der Waals surface area contributed by atoms with E-state index >= 15 is 0 Å². The number of methoxy groups -OCH3 is 1. The molecule has 0 saturated carbocycles. The van der Waals surface area contributed by atoms with Crippen LogP contribution in [0, 0.1) is 6.92 Å². The molecule has 0 spiro atoms. The Balaban J connectivity index is 1.64. The van der Waals surface area contributed by atoms with E-state index < -0.39 is 0 Å². The van der Waals surface area contributed by atoms with Gasteiger partial charge in [-0.05, 0) is 43.2 Å². The van der Waals surface area contributed by atoms with E-state index in [1.54, 1.807) is 7.11 Å². The fraction of sp³-hybridized carbons (Fsp3) is 0.333. The molecule has 0 aliphatic heterocycles. The second kappa shape index (κ2) is 8.04. The Bertz CT molecular complexity index is 884. The van der Waals surface area contributed by atoms with Gasteiger partial charge in [-0.2, -0.15) is 0 Å². The van der Waals surface area contributed by atoms with Crippen molar-refractivity contribution in [2.45, 2.75) is 39.3 Å². The van der Waals surface area contributed by atoms with Crippen LogP contribution in [0.15, 0.2) is 48.5 Å². The van der Waals surface area contributed by atoms with E-state index in [1.807, 2.05) is 55.5 Å². The van der Waals surface area contributed by atoms with E-state index in [4.69, 9.17) is 4.74 Å². The number of ether oxygens (including phenoxy) is 1. The first-order valence-electron chi connectivity index (χ1n) is 8.97. The number of rotatable bonds is 7. The van der Waals surface area contributed by atoms with Crippen LogP contribution in [-0.2, 0) is 11.3 Å². The first-order valence-corrected chi connectivity index (χ1v) is 8.97. The van der Waals surface area contributed by atoms with Crippen LogP contribution in [0.3, 0.4) is 0 Å². The molecule has 5 heteroatoms. The van der Waals surface area contributed by atoms with Crippen molar-refractivity contribution in [2.75, 3.05) is 7.11 Å². The van der Waals surface area contributed by atoms with Crippen molar-refractivity contribution >= 4 is 16.9 Å². The smallest absolute Gasteiger partial charge is 0.222 e. The van der Waals surface area contributed by atoms with Crippen LogP contribution >= 0.6 is 0 Å². The van der Waals surface area contributed by atoms with Gasteiger partial charge in [0.05, 0.1) is 24.2 Å². The van der Waals surface area contributed by atoms with Gasteiger partial charge in [-0.1, -0.05) is 31.2 Å². The second-order valence-corrected chi connectivity index (χ2v) is 6.35. The molecular formula is C21H25N3O2. The van der Waals surface area contributed by atoms with Crippen LogP contribution < -0.4 is 10.1 Å². The van der Waals surface area contributed by atoms with E-state index in [0.29, 0.717) is 13.0 Å². The van der Waals surface area contributed by atoms with Crippen LogP contribution in [0.25, 0.3) is 11.0 Å². The first kappa shape index (κ1) is 18.0. The molecule has 1 heterocycles. The molecule has 3 aromatic rings. The minimum atomic E-state index is 0.00837. The highest BCUT2D eigenvalue weighted by atomic mass is 16.5. The number of imidazole rings is 1. The maximum atomic E-state index is 12.5.